The van der Waals surface area contributed by atoms with Crippen molar-refractivity contribution in [1.29, 1.82) is 0 Å². The highest BCUT2D eigenvalue weighted by atomic mass is 16.1. The minimum absolute atomic E-state index is 0.0153. The average Bonchev–Trinajstić information content (AvgIpc) is 2.88. The summed E-state index contributed by atoms with van der Waals surface area (Å²) in [7, 11) is 1.87. The lowest BCUT2D eigenvalue weighted by Gasteiger charge is -2.16. The fraction of sp³-hybridized carbons (Fsp3) is 0.350. The van der Waals surface area contributed by atoms with Gasteiger partial charge in [0.15, 0.2) is 5.65 Å². The molecule has 1 aliphatic rings. The third kappa shape index (κ3) is 3.14. The maximum absolute atomic E-state index is 12.4. The van der Waals surface area contributed by atoms with E-state index in [1.54, 1.807) is 10.9 Å². The van der Waals surface area contributed by atoms with Crippen LogP contribution in [0.1, 0.15) is 35.2 Å². The van der Waals surface area contributed by atoms with Crippen molar-refractivity contribution < 1.29 is 4.79 Å². The van der Waals surface area contributed by atoms with Crippen LogP contribution in [0.25, 0.3) is 11.0 Å². The lowest BCUT2D eigenvalue weighted by molar-refractivity contribution is -0.115. The molecule has 5 heteroatoms. The predicted octanol–water partition coefficient (Wildman–Crippen LogP) is 3.34. The van der Waals surface area contributed by atoms with E-state index in [0.717, 1.165) is 35.1 Å². The maximum atomic E-state index is 12.4. The van der Waals surface area contributed by atoms with Crippen LogP contribution in [0.2, 0.25) is 0 Å². The minimum atomic E-state index is -0.0153. The Morgan fingerprint density at radius 3 is 2.84 bits per heavy atom. The van der Waals surface area contributed by atoms with Gasteiger partial charge in [0.05, 0.1) is 24.0 Å². The van der Waals surface area contributed by atoms with E-state index in [9.17, 15) is 4.79 Å². The lowest BCUT2D eigenvalue weighted by Crippen LogP contribution is -2.15. The van der Waals surface area contributed by atoms with Crippen molar-refractivity contribution in [3.8, 4) is 0 Å². The van der Waals surface area contributed by atoms with Gasteiger partial charge in [-0.3, -0.25) is 9.48 Å². The summed E-state index contributed by atoms with van der Waals surface area (Å²) >= 11 is 0. The summed E-state index contributed by atoms with van der Waals surface area (Å²) in [5.41, 5.74) is 6.38. The van der Waals surface area contributed by atoms with E-state index in [-0.39, 0.29) is 5.91 Å². The number of carbonyl (C=O) groups is 1. The standard InChI is InChI=1S/C20H22N4O/c1-13-18-11-17(12-21-20(18)24(2)23-13)22-19(25)10-14-7-8-15-5-3-4-6-16(15)9-14/h7-9,11-12H,3-6,10H2,1-2H3,(H,22,25). The quantitative estimate of drug-likeness (QED) is 0.799. The van der Waals surface area contributed by atoms with Crippen LogP contribution in [0.4, 0.5) is 5.69 Å². The number of amides is 1. The maximum Gasteiger partial charge on any atom is 0.228 e. The molecule has 0 fully saturated rings. The molecule has 1 N–H and O–H groups in total. The van der Waals surface area contributed by atoms with E-state index in [1.165, 1.54) is 24.0 Å². The molecule has 4 rings (SSSR count). The molecule has 0 saturated carbocycles. The zero-order valence-corrected chi connectivity index (χ0v) is 14.7. The van der Waals surface area contributed by atoms with Gasteiger partial charge in [-0.15, -0.1) is 0 Å². The van der Waals surface area contributed by atoms with Crippen molar-refractivity contribution in [2.24, 2.45) is 7.05 Å². The molecule has 3 aromatic rings. The molecular weight excluding hydrogens is 312 g/mol. The lowest BCUT2D eigenvalue weighted by atomic mass is 9.90. The summed E-state index contributed by atoms with van der Waals surface area (Å²) in [6.45, 7) is 1.95. The molecule has 0 spiro atoms. The van der Waals surface area contributed by atoms with Crippen LogP contribution < -0.4 is 5.32 Å². The first-order valence-electron chi connectivity index (χ1n) is 8.80. The van der Waals surface area contributed by atoms with E-state index in [1.807, 2.05) is 20.0 Å². The highest BCUT2D eigenvalue weighted by Gasteiger charge is 2.12. The van der Waals surface area contributed by atoms with Gasteiger partial charge in [-0.2, -0.15) is 5.10 Å². The molecule has 1 amide bonds. The number of rotatable bonds is 3. The second kappa shape index (κ2) is 6.31. The first-order chi connectivity index (χ1) is 12.1. The molecule has 0 saturated heterocycles. The van der Waals surface area contributed by atoms with Crippen LogP contribution >= 0.6 is 0 Å². The summed E-state index contributed by atoms with van der Waals surface area (Å²) in [6.07, 6.45) is 6.89. The van der Waals surface area contributed by atoms with Crippen molar-refractivity contribution >= 4 is 22.6 Å². The third-order valence-corrected chi connectivity index (χ3v) is 4.92. The number of fused-ring (bicyclic) bond motifs is 2. The number of aryl methyl sites for hydroxylation is 4. The summed E-state index contributed by atoms with van der Waals surface area (Å²) in [4.78, 5) is 16.8. The number of nitrogens with one attached hydrogen (secondary N) is 1. The molecule has 5 nitrogen and oxygen atoms in total. The Morgan fingerprint density at radius 1 is 1.20 bits per heavy atom. The van der Waals surface area contributed by atoms with Crippen molar-refractivity contribution in [2.75, 3.05) is 5.32 Å². The Labute approximate surface area is 147 Å². The van der Waals surface area contributed by atoms with Crippen LogP contribution in [0.15, 0.2) is 30.5 Å². The second-order valence-electron chi connectivity index (χ2n) is 6.84. The minimum Gasteiger partial charge on any atom is -0.324 e. The molecule has 0 bridgehead atoms. The number of anilines is 1. The van der Waals surface area contributed by atoms with Gasteiger partial charge in [0.2, 0.25) is 5.91 Å². The highest BCUT2D eigenvalue weighted by molar-refractivity contribution is 5.94. The van der Waals surface area contributed by atoms with E-state index < -0.39 is 0 Å². The molecule has 1 aromatic carbocycles. The van der Waals surface area contributed by atoms with Crippen molar-refractivity contribution in [3.63, 3.8) is 0 Å². The largest absolute Gasteiger partial charge is 0.324 e. The molecule has 0 unspecified atom stereocenters. The Hall–Kier alpha value is -2.69. The molecule has 0 radical (unpaired) electrons. The van der Waals surface area contributed by atoms with E-state index >= 15 is 0 Å². The molecule has 1 aliphatic carbocycles. The number of hydrogen-bond donors (Lipinski definition) is 1. The monoisotopic (exact) mass is 334 g/mol. The number of carbonyl (C=O) groups excluding carboxylic acids is 1. The topological polar surface area (TPSA) is 59.8 Å². The summed E-state index contributed by atoms with van der Waals surface area (Å²) in [5.74, 6) is -0.0153. The molecule has 128 valence electrons. The summed E-state index contributed by atoms with van der Waals surface area (Å²) in [6, 6.07) is 8.40. The third-order valence-electron chi connectivity index (χ3n) is 4.92. The van der Waals surface area contributed by atoms with Crippen LogP contribution in [0.3, 0.4) is 0 Å². The van der Waals surface area contributed by atoms with Crippen LogP contribution in [-0.4, -0.2) is 20.7 Å². The SMILES string of the molecule is Cc1nn(C)c2ncc(NC(=O)Cc3ccc4c(c3)CCCC4)cc12. The number of hydrogen-bond acceptors (Lipinski definition) is 3. The Morgan fingerprint density at radius 2 is 2.00 bits per heavy atom. The Bertz CT molecular complexity index is 958. The fourth-order valence-corrected chi connectivity index (χ4v) is 3.66. The smallest absolute Gasteiger partial charge is 0.228 e. The Kier molecular flexibility index (Phi) is 3.99. The average molecular weight is 334 g/mol. The zero-order valence-electron chi connectivity index (χ0n) is 14.7. The van der Waals surface area contributed by atoms with E-state index in [0.29, 0.717) is 12.1 Å². The van der Waals surface area contributed by atoms with Gasteiger partial charge in [-0.1, -0.05) is 18.2 Å². The van der Waals surface area contributed by atoms with Gasteiger partial charge in [-0.25, -0.2) is 4.98 Å². The van der Waals surface area contributed by atoms with Crippen LogP contribution in [0.5, 0.6) is 0 Å². The number of aromatic nitrogens is 3. The summed E-state index contributed by atoms with van der Waals surface area (Å²) < 4.78 is 1.75. The number of benzene rings is 1. The van der Waals surface area contributed by atoms with Crippen LogP contribution in [-0.2, 0) is 31.1 Å². The van der Waals surface area contributed by atoms with Gasteiger partial charge in [0, 0.05) is 12.4 Å². The molecule has 0 aliphatic heterocycles. The van der Waals surface area contributed by atoms with Crippen molar-refractivity contribution in [3.05, 3.63) is 52.8 Å². The highest BCUT2D eigenvalue weighted by Crippen LogP contribution is 2.23. The summed E-state index contributed by atoms with van der Waals surface area (Å²) in [5, 5.41) is 8.29. The molecule has 2 heterocycles. The first kappa shape index (κ1) is 15.8. The molecule has 2 aromatic heterocycles. The van der Waals surface area contributed by atoms with Gasteiger partial charge in [-0.05, 0) is 55.4 Å². The Balaban J connectivity index is 1.49. The number of pyridine rings is 1. The van der Waals surface area contributed by atoms with Crippen LogP contribution in [0, 0.1) is 6.92 Å². The van der Waals surface area contributed by atoms with E-state index in [4.69, 9.17) is 0 Å². The van der Waals surface area contributed by atoms with Gasteiger partial charge >= 0.3 is 0 Å². The first-order valence-corrected chi connectivity index (χ1v) is 8.80. The second-order valence-corrected chi connectivity index (χ2v) is 6.84. The number of nitrogens with zero attached hydrogens (tertiary/aromatic N) is 3. The fourth-order valence-electron chi connectivity index (χ4n) is 3.66. The van der Waals surface area contributed by atoms with Gasteiger partial charge in [0.25, 0.3) is 0 Å². The van der Waals surface area contributed by atoms with Crippen molar-refractivity contribution in [1.82, 2.24) is 14.8 Å². The van der Waals surface area contributed by atoms with Crippen molar-refractivity contribution in [2.45, 2.75) is 39.0 Å². The predicted molar refractivity (Wildman–Crippen MR) is 98.7 cm³/mol. The molecule has 25 heavy (non-hydrogen) atoms. The van der Waals surface area contributed by atoms with Gasteiger partial charge in [0.1, 0.15) is 0 Å². The van der Waals surface area contributed by atoms with E-state index in [2.05, 4.69) is 33.6 Å². The normalized spacial score (nSPS) is 13.7. The zero-order chi connectivity index (χ0) is 17.4. The molecule has 0 atom stereocenters. The molecular formula is C20H22N4O. The van der Waals surface area contributed by atoms with Gasteiger partial charge < -0.3 is 5.32 Å².